The summed E-state index contributed by atoms with van der Waals surface area (Å²) in [6.45, 7) is 0. The Bertz CT molecular complexity index is 715. The van der Waals surface area contributed by atoms with Crippen molar-refractivity contribution in [1.29, 1.82) is 0 Å². The van der Waals surface area contributed by atoms with E-state index in [2.05, 4.69) is 4.98 Å². The second-order valence-corrected chi connectivity index (χ2v) is 6.69. The van der Waals surface area contributed by atoms with Gasteiger partial charge in [0.1, 0.15) is 5.82 Å². The zero-order valence-corrected chi connectivity index (χ0v) is 12.2. The van der Waals surface area contributed by atoms with Crippen molar-refractivity contribution in [2.24, 2.45) is 7.05 Å². The molecule has 0 atom stereocenters. The van der Waals surface area contributed by atoms with E-state index < -0.39 is 9.84 Å². The van der Waals surface area contributed by atoms with Gasteiger partial charge < -0.3 is 4.57 Å². The van der Waals surface area contributed by atoms with E-state index in [9.17, 15) is 13.2 Å². The van der Waals surface area contributed by atoms with Gasteiger partial charge in [0, 0.05) is 44.1 Å². The molecule has 2 rings (SSSR count). The molecule has 0 aliphatic carbocycles. The van der Waals surface area contributed by atoms with Gasteiger partial charge in [-0.1, -0.05) is 12.1 Å². The van der Waals surface area contributed by atoms with Crippen LogP contribution in [-0.4, -0.2) is 30.0 Å². The molecule has 0 aliphatic heterocycles. The molecule has 0 saturated carbocycles. The second kappa shape index (κ2) is 5.58. The summed E-state index contributed by atoms with van der Waals surface area (Å²) in [5, 5.41) is 0. The molecule has 106 valence electrons. The van der Waals surface area contributed by atoms with Crippen LogP contribution in [0.1, 0.15) is 22.6 Å². The summed E-state index contributed by atoms with van der Waals surface area (Å²) in [6.07, 6.45) is 5.59. The lowest BCUT2D eigenvalue weighted by atomic mass is 10.1. The molecule has 0 spiro atoms. The average molecular weight is 292 g/mol. The molecule has 1 heterocycles. The largest absolute Gasteiger partial charge is 0.338 e. The van der Waals surface area contributed by atoms with E-state index in [4.69, 9.17) is 0 Å². The first-order chi connectivity index (χ1) is 9.38. The van der Waals surface area contributed by atoms with Gasteiger partial charge in [0.05, 0.1) is 4.90 Å². The topological polar surface area (TPSA) is 69.0 Å². The van der Waals surface area contributed by atoms with Gasteiger partial charge in [-0.05, 0) is 12.1 Å². The first-order valence-electron chi connectivity index (χ1n) is 6.17. The van der Waals surface area contributed by atoms with Crippen LogP contribution in [0.3, 0.4) is 0 Å². The number of sulfone groups is 1. The van der Waals surface area contributed by atoms with Crippen molar-refractivity contribution in [2.75, 3.05) is 6.26 Å². The minimum absolute atomic E-state index is 0.0203. The van der Waals surface area contributed by atoms with Crippen LogP contribution in [0.5, 0.6) is 0 Å². The third-order valence-electron chi connectivity index (χ3n) is 3.10. The Morgan fingerprint density at radius 2 is 1.90 bits per heavy atom. The molecule has 0 bridgehead atoms. The number of imidazole rings is 1. The molecule has 2 aromatic rings. The molecule has 20 heavy (non-hydrogen) atoms. The van der Waals surface area contributed by atoms with E-state index in [1.807, 2.05) is 17.8 Å². The SMILES string of the molecule is Cn1ccnc1CCC(=O)c1ccc(S(C)(=O)=O)cc1. The maximum atomic E-state index is 12.0. The minimum atomic E-state index is -3.22. The Kier molecular flexibility index (Phi) is 4.04. The maximum Gasteiger partial charge on any atom is 0.175 e. The summed E-state index contributed by atoms with van der Waals surface area (Å²) in [5.74, 6) is 0.833. The Morgan fingerprint density at radius 1 is 1.25 bits per heavy atom. The van der Waals surface area contributed by atoms with Gasteiger partial charge in [-0.25, -0.2) is 13.4 Å². The smallest absolute Gasteiger partial charge is 0.175 e. The van der Waals surface area contributed by atoms with Crippen molar-refractivity contribution in [2.45, 2.75) is 17.7 Å². The number of benzene rings is 1. The number of hydrogen-bond donors (Lipinski definition) is 0. The third-order valence-corrected chi connectivity index (χ3v) is 4.23. The number of ketones is 1. The lowest BCUT2D eigenvalue weighted by Crippen LogP contribution is -2.05. The van der Waals surface area contributed by atoms with Crippen molar-refractivity contribution in [3.63, 3.8) is 0 Å². The number of aryl methyl sites for hydroxylation is 2. The van der Waals surface area contributed by atoms with Gasteiger partial charge >= 0.3 is 0 Å². The first-order valence-corrected chi connectivity index (χ1v) is 8.06. The van der Waals surface area contributed by atoms with Crippen molar-refractivity contribution >= 4 is 15.6 Å². The van der Waals surface area contributed by atoms with Gasteiger partial charge in [0.25, 0.3) is 0 Å². The molecule has 0 N–H and O–H groups in total. The molecule has 0 aliphatic rings. The number of aromatic nitrogens is 2. The van der Waals surface area contributed by atoms with E-state index in [-0.39, 0.29) is 10.7 Å². The highest BCUT2D eigenvalue weighted by Gasteiger charge is 2.11. The molecule has 0 fully saturated rings. The molecule has 1 aromatic heterocycles. The number of rotatable bonds is 5. The number of nitrogens with zero attached hydrogens (tertiary/aromatic N) is 2. The maximum absolute atomic E-state index is 12.0. The number of carbonyl (C=O) groups is 1. The van der Waals surface area contributed by atoms with Crippen LogP contribution in [0.25, 0.3) is 0 Å². The summed E-state index contributed by atoms with van der Waals surface area (Å²) in [6, 6.07) is 6.03. The van der Waals surface area contributed by atoms with Crippen LogP contribution in [-0.2, 0) is 23.3 Å². The van der Waals surface area contributed by atoms with E-state index in [0.29, 0.717) is 18.4 Å². The van der Waals surface area contributed by atoms with Crippen molar-refractivity contribution in [1.82, 2.24) is 9.55 Å². The minimum Gasteiger partial charge on any atom is -0.338 e. The molecule has 0 amide bonds. The predicted octanol–water partition coefficient (Wildman–Crippen LogP) is 1.64. The van der Waals surface area contributed by atoms with Gasteiger partial charge in [0.2, 0.25) is 0 Å². The number of carbonyl (C=O) groups excluding carboxylic acids is 1. The Labute approximate surface area is 118 Å². The average Bonchev–Trinajstić information content (AvgIpc) is 2.81. The Morgan fingerprint density at radius 3 is 2.40 bits per heavy atom. The zero-order valence-electron chi connectivity index (χ0n) is 11.4. The van der Waals surface area contributed by atoms with Gasteiger partial charge in [-0.2, -0.15) is 0 Å². The van der Waals surface area contributed by atoms with Crippen LogP contribution in [0.4, 0.5) is 0 Å². The monoisotopic (exact) mass is 292 g/mol. The molecular weight excluding hydrogens is 276 g/mol. The third kappa shape index (κ3) is 3.33. The molecule has 0 saturated heterocycles. The highest BCUT2D eigenvalue weighted by Crippen LogP contribution is 2.12. The molecule has 0 radical (unpaired) electrons. The summed E-state index contributed by atoms with van der Waals surface area (Å²) in [7, 11) is -1.34. The van der Waals surface area contributed by atoms with E-state index in [1.165, 1.54) is 12.1 Å². The van der Waals surface area contributed by atoms with Crippen molar-refractivity contribution in [3.05, 3.63) is 48.0 Å². The molecule has 6 heteroatoms. The first kappa shape index (κ1) is 14.5. The zero-order chi connectivity index (χ0) is 14.8. The lowest BCUT2D eigenvalue weighted by Gasteiger charge is -2.03. The van der Waals surface area contributed by atoms with Gasteiger partial charge in [-0.15, -0.1) is 0 Å². The molecule has 1 aromatic carbocycles. The summed E-state index contributed by atoms with van der Waals surface area (Å²) >= 11 is 0. The lowest BCUT2D eigenvalue weighted by molar-refractivity contribution is 0.0982. The van der Waals surface area contributed by atoms with Crippen molar-refractivity contribution < 1.29 is 13.2 Å². The van der Waals surface area contributed by atoms with Crippen LogP contribution >= 0.6 is 0 Å². The summed E-state index contributed by atoms with van der Waals surface area (Å²) < 4.78 is 24.5. The van der Waals surface area contributed by atoms with Crippen LogP contribution in [0.2, 0.25) is 0 Å². The van der Waals surface area contributed by atoms with E-state index in [0.717, 1.165) is 12.1 Å². The summed E-state index contributed by atoms with van der Waals surface area (Å²) in [4.78, 5) is 16.4. The summed E-state index contributed by atoms with van der Waals surface area (Å²) in [5.41, 5.74) is 0.520. The van der Waals surface area contributed by atoms with Gasteiger partial charge in [-0.3, -0.25) is 4.79 Å². The molecule has 5 nitrogen and oxygen atoms in total. The van der Waals surface area contributed by atoms with Crippen LogP contribution < -0.4 is 0 Å². The number of hydrogen-bond acceptors (Lipinski definition) is 4. The normalized spacial score (nSPS) is 11.5. The number of Topliss-reactive ketones (excluding diaryl/α,β-unsaturated/α-hetero) is 1. The van der Waals surface area contributed by atoms with Crippen molar-refractivity contribution in [3.8, 4) is 0 Å². The second-order valence-electron chi connectivity index (χ2n) is 4.67. The highest BCUT2D eigenvalue weighted by molar-refractivity contribution is 7.90. The van der Waals surface area contributed by atoms with Gasteiger partial charge in [0.15, 0.2) is 15.6 Å². The quantitative estimate of drug-likeness (QED) is 0.786. The fraction of sp³-hybridized carbons (Fsp3) is 0.286. The fourth-order valence-corrected chi connectivity index (χ4v) is 2.53. The van der Waals surface area contributed by atoms with E-state index in [1.54, 1.807) is 18.3 Å². The van der Waals surface area contributed by atoms with Crippen LogP contribution in [0, 0.1) is 0 Å². The van der Waals surface area contributed by atoms with E-state index >= 15 is 0 Å². The predicted molar refractivity (Wildman–Crippen MR) is 75.4 cm³/mol. The molecular formula is C14H16N2O3S. The van der Waals surface area contributed by atoms with Crippen LogP contribution in [0.15, 0.2) is 41.6 Å². The fourth-order valence-electron chi connectivity index (χ4n) is 1.90. The Hall–Kier alpha value is -1.95. The highest BCUT2D eigenvalue weighted by atomic mass is 32.2. The molecule has 0 unspecified atom stereocenters. The Balaban J connectivity index is 2.05. The standard InChI is InChI=1S/C14H16N2O3S/c1-16-10-9-15-14(16)8-7-13(17)11-3-5-12(6-4-11)20(2,18)19/h3-6,9-10H,7-8H2,1-2H3.